The van der Waals surface area contributed by atoms with Crippen LogP contribution in [0.25, 0.3) is 0 Å². The quantitative estimate of drug-likeness (QED) is 0.321. The first-order valence-corrected chi connectivity index (χ1v) is 8.29. The fourth-order valence-corrected chi connectivity index (χ4v) is 3.01. The van der Waals surface area contributed by atoms with Crippen LogP contribution in [0.4, 0.5) is 0 Å². The lowest BCUT2D eigenvalue weighted by Crippen LogP contribution is -2.40. The molecule has 24 heavy (non-hydrogen) atoms. The molecule has 1 aliphatic heterocycles. The summed E-state index contributed by atoms with van der Waals surface area (Å²) in [4.78, 5) is 18.6. The van der Waals surface area contributed by atoms with Crippen LogP contribution >= 0.6 is 35.6 Å². The van der Waals surface area contributed by atoms with Gasteiger partial charge in [0, 0.05) is 24.7 Å². The highest BCUT2D eigenvalue weighted by Gasteiger charge is 2.36. The van der Waals surface area contributed by atoms with Crippen molar-refractivity contribution in [1.82, 2.24) is 10.2 Å². The number of aliphatic imine (C=N–C) groups is 1. The molecule has 5 nitrogen and oxygen atoms in total. The third kappa shape index (κ3) is 5.24. The second kappa shape index (κ2) is 10.1. The number of nitrogens with zero attached hydrogens (tertiary/aromatic N) is 2. The van der Waals surface area contributed by atoms with Gasteiger partial charge in [0.05, 0.1) is 19.6 Å². The first-order valence-electron chi connectivity index (χ1n) is 7.91. The van der Waals surface area contributed by atoms with Gasteiger partial charge in [-0.05, 0) is 24.5 Å². The normalized spacial score (nSPS) is 20.5. The predicted octanol–water partition coefficient (Wildman–Crippen LogP) is 3.16. The Hall–Kier alpha value is -1.02. The van der Waals surface area contributed by atoms with Crippen LogP contribution in [0.1, 0.15) is 19.4 Å². The van der Waals surface area contributed by atoms with Crippen LogP contribution in [0, 0.1) is 11.8 Å². The van der Waals surface area contributed by atoms with Gasteiger partial charge in [-0.1, -0.05) is 36.7 Å². The molecule has 1 fully saturated rings. The fourth-order valence-electron chi connectivity index (χ4n) is 2.81. The molecule has 7 heteroatoms. The van der Waals surface area contributed by atoms with Gasteiger partial charge < -0.3 is 15.0 Å². The van der Waals surface area contributed by atoms with Crippen LogP contribution in [0.15, 0.2) is 29.3 Å². The Labute approximate surface area is 165 Å². The molecule has 1 aromatic carbocycles. The molecule has 1 aromatic rings. The van der Waals surface area contributed by atoms with E-state index in [-0.39, 0.29) is 41.8 Å². The number of rotatable bonds is 4. The lowest BCUT2D eigenvalue weighted by atomic mass is 9.99. The van der Waals surface area contributed by atoms with E-state index in [1.807, 2.05) is 31.2 Å². The molecular formula is C17H25ClIN3O2. The SMILES string of the molecule is CCNC(=NCc1ccccc1Cl)N1CC(C)C(C(=O)OC)C1.I. The van der Waals surface area contributed by atoms with E-state index >= 15 is 0 Å². The number of benzene rings is 1. The highest BCUT2D eigenvalue weighted by molar-refractivity contribution is 14.0. The summed E-state index contributed by atoms with van der Waals surface area (Å²) in [5.41, 5.74) is 0.987. The van der Waals surface area contributed by atoms with E-state index in [4.69, 9.17) is 16.3 Å². The molecule has 0 amide bonds. The van der Waals surface area contributed by atoms with Crippen molar-refractivity contribution < 1.29 is 9.53 Å². The summed E-state index contributed by atoms with van der Waals surface area (Å²) < 4.78 is 4.89. The Kier molecular flexibility index (Phi) is 8.83. The number of carbonyl (C=O) groups is 1. The molecule has 2 rings (SSSR count). The highest BCUT2D eigenvalue weighted by Crippen LogP contribution is 2.24. The molecule has 2 unspecified atom stereocenters. The Balaban J connectivity index is 0.00000288. The number of hydrogen-bond acceptors (Lipinski definition) is 3. The summed E-state index contributed by atoms with van der Waals surface area (Å²) in [6, 6.07) is 7.70. The molecule has 1 saturated heterocycles. The molecule has 1 heterocycles. The van der Waals surface area contributed by atoms with Gasteiger partial charge in [0.2, 0.25) is 0 Å². The summed E-state index contributed by atoms with van der Waals surface area (Å²) in [5, 5.41) is 4.01. The number of carbonyl (C=O) groups excluding carboxylic acids is 1. The molecule has 2 atom stereocenters. The van der Waals surface area contributed by atoms with Crippen molar-refractivity contribution in [2.75, 3.05) is 26.7 Å². The van der Waals surface area contributed by atoms with Crippen molar-refractivity contribution in [1.29, 1.82) is 0 Å². The zero-order valence-corrected chi connectivity index (χ0v) is 17.4. The lowest BCUT2D eigenvalue weighted by Gasteiger charge is -2.21. The van der Waals surface area contributed by atoms with E-state index in [0.29, 0.717) is 18.1 Å². The third-order valence-electron chi connectivity index (χ3n) is 4.11. The maximum atomic E-state index is 11.8. The minimum Gasteiger partial charge on any atom is -0.469 e. The molecule has 0 saturated carbocycles. The van der Waals surface area contributed by atoms with Crippen LogP contribution in [0.2, 0.25) is 5.02 Å². The van der Waals surface area contributed by atoms with E-state index in [0.717, 1.165) is 24.6 Å². The number of methoxy groups -OCH3 is 1. The van der Waals surface area contributed by atoms with Gasteiger partial charge in [-0.2, -0.15) is 0 Å². The fraction of sp³-hybridized carbons (Fsp3) is 0.529. The number of nitrogens with one attached hydrogen (secondary N) is 1. The maximum absolute atomic E-state index is 11.8. The van der Waals surface area contributed by atoms with E-state index < -0.39 is 0 Å². The van der Waals surface area contributed by atoms with E-state index in [1.54, 1.807) is 0 Å². The van der Waals surface area contributed by atoms with Crippen molar-refractivity contribution in [3.05, 3.63) is 34.9 Å². The van der Waals surface area contributed by atoms with Crippen LogP contribution < -0.4 is 5.32 Å². The molecule has 1 N–H and O–H groups in total. The second-order valence-corrected chi connectivity index (χ2v) is 6.18. The summed E-state index contributed by atoms with van der Waals surface area (Å²) in [5.74, 6) is 0.795. The number of hydrogen-bond donors (Lipinski definition) is 1. The predicted molar refractivity (Wildman–Crippen MR) is 108 cm³/mol. The van der Waals surface area contributed by atoms with Crippen LogP contribution in [-0.2, 0) is 16.1 Å². The highest BCUT2D eigenvalue weighted by atomic mass is 127. The van der Waals surface area contributed by atoms with Gasteiger partial charge in [-0.3, -0.25) is 4.79 Å². The van der Waals surface area contributed by atoms with Gasteiger partial charge in [0.15, 0.2) is 5.96 Å². The first-order chi connectivity index (χ1) is 11.1. The van der Waals surface area contributed by atoms with Crippen LogP contribution in [0.3, 0.4) is 0 Å². The molecule has 1 aliphatic rings. The Morgan fingerprint density at radius 1 is 1.42 bits per heavy atom. The van der Waals surface area contributed by atoms with Gasteiger partial charge in [-0.15, -0.1) is 24.0 Å². The smallest absolute Gasteiger partial charge is 0.310 e. The minimum atomic E-state index is -0.151. The summed E-state index contributed by atoms with van der Waals surface area (Å²) in [7, 11) is 1.44. The van der Waals surface area contributed by atoms with E-state index in [1.165, 1.54) is 7.11 Å². The van der Waals surface area contributed by atoms with Crippen molar-refractivity contribution in [2.45, 2.75) is 20.4 Å². The van der Waals surface area contributed by atoms with Gasteiger partial charge in [0.1, 0.15) is 0 Å². The summed E-state index contributed by atoms with van der Waals surface area (Å²) in [6.45, 7) is 6.79. The largest absolute Gasteiger partial charge is 0.469 e. The molecule has 0 spiro atoms. The average molecular weight is 466 g/mol. The molecule has 0 bridgehead atoms. The maximum Gasteiger partial charge on any atom is 0.310 e. The third-order valence-corrected chi connectivity index (χ3v) is 4.48. The van der Waals surface area contributed by atoms with E-state index in [9.17, 15) is 4.79 Å². The summed E-state index contributed by atoms with van der Waals surface area (Å²) >= 11 is 6.19. The Morgan fingerprint density at radius 3 is 2.75 bits per heavy atom. The van der Waals surface area contributed by atoms with Gasteiger partial charge >= 0.3 is 5.97 Å². The second-order valence-electron chi connectivity index (χ2n) is 5.77. The minimum absolute atomic E-state index is 0. The topological polar surface area (TPSA) is 53.9 Å². The van der Waals surface area contributed by atoms with Crippen molar-refractivity contribution >= 4 is 47.5 Å². The number of guanidine groups is 1. The first kappa shape index (κ1) is 21.0. The monoisotopic (exact) mass is 465 g/mol. The van der Waals surface area contributed by atoms with Crippen molar-refractivity contribution in [2.24, 2.45) is 16.8 Å². The molecular weight excluding hydrogens is 441 g/mol. The van der Waals surface area contributed by atoms with Crippen molar-refractivity contribution in [3.8, 4) is 0 Å². The Morgan fingerprint density at radius 2 is 2.12 bits per heavy atom. The van der Waals surface area contributed by atoms with Gasteiger partial charge in [0.25, 0.3) is 0 Å². The molecule has 134 valence electrons. The molecule has 0 aromatic heterocycles. The van der Waals surface area contributed by atoms with Crippen molar-refractivity contribution in [3.63, 3.8) is 0 Å². The average Bonchev–Trinajstić information content (AvgIpc) is 2.93. The summed E-state index contributed by atoms with van der Waals surface area (Å²) in [6.07, 6.45) is 0. The van der Waals surface area contributed by atoms with Crippen LogP contribution in [-0.4, -0.2) is 43.6 Å². The number of halogens is 2. The zero-order valence-electron chi connectivity index (χ0n) is 14.3. The zero-order chi connectivity index (χ0) is 16.8. The standard InChI is InChI=1S/C17H24ClN3O2.HI/c1-4-19-17(20-9-13-7-5-6-8-15(13)18)21-10-12(2)14(11-21)16(22)23-3;/h5-8,12,14H,4,9-11H2,1-3H3,(H,19,20);1H. The Bertz CT molecular complexity index is 583. The van der Waals surface area contributed by atoms with Gasteiger partial charge in [-0.25, -0.2) is 4.99 Å². The number of esters is 1. The van der Waals surface area contributed by atoms with E-state index in [2.05, 4.69) is 22.1 Å². The number of likely N-dealkylation sites (tertiary alicyclic amines) is 1. The number of ether oxygens (including phenoxy) is 1. The lowest BCUT2D eigenvalue weighted by molar-refractivity contribution is -0.145. The van der Waals surface area contributed by atoms with Crippen LogP contribution in [0.5, 0.6) is 0 Å². The molecule has 0 aliphatic carbocycles. The molecule has 0 radical (unpaired) electrons.